The first-order chi connectivity index (χ1) is 12.6. The molecule has 2 atom stereocenters. The van der Waals surface area contributed by atoms with Crippen LogP contribution in [0.15, 0.2) is 66.7 Å². The monoisotopic (exact) mass is 350 g/mol. The number of hydrogen-bond donors (Lipinski definition) is 1. The Balaban J connectivity index is 1.72. The van der Waals surface area contributed by atoms with Crippen molar-refractivity contribution in [1.29, 1.82) is 0 Å². The van der Waals surface area contributed by atoms with Crippen LogP contribution in [0.2, 0.25) is 0 Å². The van der Waals surface area contributed by atoms with E-state index < -0.39 is 0 Å². The van der Waals surface area contributed by atoms with Gasteiger partial charge in [-0.05, 0) is 53.9 Å². The summed E-state index contributed by atoms with van der Waals surface area (Å²) >= 11 is 0. The summed E-state index contributed by atoms with van der Waals surface area (Å²) < 4.78 is 13.1. The van der Waals surface area contributed by atoms with E-state index in [1.54, 1.807) is 12.1 Å². The molecule has 136 valence electrons. The van der Waals surface area contributed by atoms with Crippen LogP contribution in [0.4, 0.5) is 4.39 Å². The first-order valence-electron chi connectivity index (χ1n) is 9.33. The van der Waals surface area contributed by atoms with Crippen molar-refractivity contribution >= 4 is 10.8 Å². The molecule has 0 bridgehead atoms. The predicted molar refractivity (Wildman–Crippen MR) is 108 cm³/mol. The van der Waals surface area contributed by atoms with Crippen LogP contribution < -0.4 is 5.73 Å². The number of fused-ring (bicyclic) bond motifs is 1. The van der Waals surface area contributed by atoms with Crippen molar-refractivity contribution in [2.24, 2.45) is 5.73 Å². The molecule has 2 N–H and O–H groups in total. The SMILES string of the molecule is CCN(CCC(N)c1ccc(F)cc1)C(C)c1cccc2ccccc12. The highest BCUT2D eigenvalue weighted by Gasteiger charge is 2.17. The molecule has 0 saturated carbocycles. The number of nitrogens with two attached hydrogens (primary N) is 1. The maximum absolute atomic E-state index is 13.1. The topological polar surface area (TPSA) is 29.3 Å². The van der Waals surface area contributed by atoms with Crippen molar-refractivity contribution in [3.63, 3.8) is 0 Å². The molecule has 0 aromatic heterocycles. The van der Waals surface area contributed by atoms with Crippen LogP contribution in [0.5, 0.6) is 0 Å². The van der Waals surface area contributed by atoms with Crippen LogP contribution in [-0.2, 0) is 0 Å². The number of rotatable bonds is 7. The lowest BCUT2D eigenvalue weighted by Crippen LogP contribution is -2.30. The summed E-state index contributed by atoms with van der Waals surface area (Å²) in [5, 5.41) is 2.58. The van der Waals surface area contributed by atoms with E-state index in [4.69, 9.17) is 5.73 Å². The van der Waals surface area contributed by atoms with Crippen molar-refractivity contribution in [2.75, 3.05) is 13.1 Å². The van der Waals surface area contributed by atoms with E-state index in [0.29, 0.717) is 6.04 Å². The molecule has 0 aliphatic carbocycles. The minimum atomic E-state index is -0.222. The fourth-order valence-corrected chi connectivity index (χ4v) is 3.62. The predicted octanol–water partition coefficient (Wildman–Crippen LogP) is 5.45. The van der Waals surface area contributed by atoms with Gasteiger partial charge in [-0.2, -0.15) is 0 Å². The van der Waals surface area contributed by atoms with E-state index in [2.05, 4.69) is 61.2 Å². The summed E-state index contributed by atoms with van der Waals surface area (Å²) in [7, 11) is 0. The lowest BCUT2D eigenvalue weighted by Gasteiger charge is -2.30. The van der Waals surface area contributed by atoms with E-state index in [1.807, 2.05) is 0 Å². The van der Waals surface area contributed by atoms with Crippen LogP contribution in [0.1, 0.15) is 43.5 Å². The van der Waals surface area contributed by atoms with Crippen molar-refractivity contribution in [3.8, 4) is 0 Å². The van der Waals surface area contributed by atoms with Gasteiger partial charge in [0.25, 0.3) is 0 Å². The molecule has 0 saturated heterocycles. The van der Waals surface area contributed by atoms with Crippen LogP contribution in [0, 0.1) is 5.82 Å². The summed E-state index contributed by atoms with van der Waals surface area (Å²) in [6, 6.07) is 21.8. The number of halogens is 1. The van der Waals surface area contributed by atoms with Crippen molar-refractivity contribution in [3.05, 3.63) is 83.7 Å². The summed E-state index contributed by atoms with van der Waals surface area (Å²) in [6.07, 6.45) is 0.842. The molecule has 0 amide bonds. The Labute approximate surface area is 155 Å². The highest BCUT2D eigenvalue weighted by Crippen LogP contribution is 2.28. The molecule has 2 nitrogen and oxygen atoms in total. The Morgan fingerprint density at radius 2 is 1.65 bits per heavy atom. The molecule has 0 radical (unpaired) electrons. The normalized spacial score (nSPS) is 13.9. The molecule has 0 spiro atoms. The highest BCUT2D eigenvalue weighted by atomic mass is 19.1. The minimum Gasteiger partial charge on any atom is -0.324 e. The molecule has 26 heavy (non-hydrogen) atoms. The van der Waals surface area contributed by atoms with Gasteiger partial charge in [0.1, 0.15) is 5.82 Å². The zero-order chi connectivity index (χ0) is 18.5. The second-order valence-electron chi connectivity index (χ2n) is 6.82. The Kier molecular flexibility index (Phi) is 6.02. The van der Waals surface area contributed by atoms with E-state index >= 15 is 0 Å². The van der Waals surface area contributed by atoms with Gasteiger partial charge in [0.2, 0.25) is 0 Å². The van der Waals surface area contributed by atoms with Crippen LogP contribution in [0.3, 0.4) is 0 Å². The number of hydrogen-bond acceptors (Lipinski definition) is 2. The Hall–Kier alpha value is -2.23. The quantitative estimate of drug-likeness (QED) is 0.614. The van der Waals surface area contributed by atoms with Crippen LogP contribution >= 0.6 is 0 Å². The maximum Gasteiger partial charge on any atom is 0.123 e. The lowest BCUT2D eigenvalue weighted by atomic mass is 9.98. The third-order valence-corrected chi connectivity index (χ3v) is 5.25. The summed E-state index contributed by atoms with van der Waals surface area (Å²) in [5.41, 5.74) is 8.66. The summed E-state index contributed by atoms with van der Waals surface area (Å²) in [5.74, 6) is -0.222. The summed E-state index contributed by atoms with van der Waals surface area (Å²) in [4.78, 5) is 2.45. The van der Waals surface area contributed by atoms with Crippen LogP contribution in [0.25, 0.3) is 10.8 Å². The van der Waals surface area contributed by atoms with E-state index in [0.717, 1.165) is 25.1 Å². The Morgan fingerprint density at radius 1 is 0.962 bits per heavy atom. The van der Waals surface area contributed by atoms with Gasteiger partial charge in [0, 0.05) is 18.6 Å². The highest BCUT2D eigenvalue weighted by molar-refractivity contribution is 5.86. The molecule has 3 heteroatoms. The van der Waals surface area contributed by atoms with Gasteiger partial charge in [-0.25, -0.2) is 4.39 Å². The fraction of sp³-hybridized carbons (Fsp3) is 0.304. The molecule has 0 aliphatic heterocycles. The van der Waals surface area contributed by atoms with Gasteiger partial charge in [-0.15, -0.1) is 0 Å². The molecular formula is C23H27FN2. The molecule has 3 aromatic rings. The van der Waals surface area contributed by atoms with Crippen molar-refractivity contribution < 1.29 is 4.39 Å². The zero-order valence-corrected chi connectivity index (χ0v) is 15.5. The maximum atomic E-state index is 13.1. The lowest BCUT2D eigenvalue weighted by molar-refractivity contribution is 0.215. The molecular weight excluding hydrogens is 323 g/mol. The molecule has 3 aromatic carbocycles. The van der Waals surface area contributed by atoms with Gasteiger partial charge < -0.3 is 5.73 Å². The Bertz CT molecular complexity index is 839. The largest absolute Gasteiger partial charge is 0.324 e. The van der Waals surface area contributed by atoms with Gasteiger partial charge >= 0.3 is 0 Å². The van der Waals surface area contributed by atoms with Gasteiger partial charge in [-0.1, -0.05) is 61.5 Å². The van der Waals surface area contributed by atoms with E-state index in [1.165, 1.54) is 28.5 Å². The standard InChI is InChI=1S/C23H27FN2/c1-3-26(16-15-23(25)19-11-13-20(24)14-12-19)17(2)21-10-6-8-18-7-4-5-9-22(18)21/h4-14,17,23H,3,15-16,25H2,1-2H3. The van der Waals surface area contributed by atoms with Crippen molar-refractivity contribution in [1.82, 2.24) is 4.90 Å². The van der Waals surface area contributed by atoms with E-state index in [9.17, 15) is 4.39 Å². The molecule has 0 fully saturated rings. The molecule has 2 unspecified atom stereocenters. The smallest absolute Gasteiger partial charge is 0.123 e. The average Bonchev–Trinajstić information content (AvgIpc) is 2.68. The fourth-order valence-electron chi connectivity index (χ4n) is 3.62. The molecule has 0 heterocycles. The van der Waals surface area contributed by atoms with Gasteiger partial charge in [0.15, 0.2) is 0 Å². The zero-order valence-electron chi connectivity index (χ0n) is 15.5. The average molecular weight is 350 g/mol. The van der Waals surface area contributed by atoms with E-state index in [-0.39, 0.29) is 11.9 Å². The van der Waals surface area contributed by atoms with Crippen LogP contribution in [-0.4, -0.2) is 18.0 Å². The third-order valence-electron chi connectivity index (χ3n) is 5.25. The first kappa shape index (κ1) is 18.6. The number of benzene rings is 3. The number of nitrogens with zero attached hydrogens (tertiary/aromatic N) is 1. The minimum absolute atomic E-state index is 0.0793. The molecule has 3 rings (SSSR count). The second kappa shape index (κ2) is 8.43. The Morgan fingerprint density at radius 3 is 2.38 bits per heavy atom. The molecule has 0 aliphatic rings. The second-order valence-corrected chi connectivity index (χ2v) is 6.82. The van der Waals surface area contributed by atoms with Gasteiger partial charge in [0.05, 0.1) is 0 Å². The van der Waals surface area contributed by atoms with Gasteiger partial charge in [-0.3, -0.25) is 4.90 Å². The summed E-state index contributed by atoms with van der Waals surface area (Å²) in [6.45, 7) is 6.31. The third kappa shape index (κ3) is 4.12. The first-order valence-corrected chi connectivity index (χ1v) is 9.33. The van der Waals surface area contributed by atoms with Crippen molar-refractivity contribution in [2.45, 2.75) is 32.4 Å².